The fraction of sp³-hybridized carbons (Fsp3) is 0.105. The van der Waals surface area contributed by atoms with Crippen LogP contribution in [0.5, 0.6) is 0 Å². The molecule has 1 aliphatic carbocycles. The molecule has 0 saturated heterocycles. The first-order valence-corrected chi connectivity index (χ1v) is 7.39. The van der Waals surface area contributed by atoms with Gasteiger partial charge in [0.05, 0.1) is 16.7 Å². The van der Waals surface area contributed by atoms with Crippen LogP contribution in [0.2, 0.25) is 0 Å². The normalized spacial score (nSPS) is 13.3. The van der Waals surface area contributed by atoms with E-state index in [9.17, 15) is 0 Å². The van der Waals surface area contributed by atoms with E-state index in [0.717, 1.165) is 24.0 Å². The summed E-state index contributed by atoms with van der Waals surface area (Å²) in [4.78, 5) is 4.76. The van der Waals surface area contributed by atoms with Gasteiger partial charge in [0.15, 0.2) is 0 Å². The summed E-state index contributed by atoms with van der Waals surface area (Å²) in [6.45, 7) is 0. The summed E-state index contributed by atoms with van der Waals surface area (Å²) in [6, 6.07) is 21.5. The number of hydrogen-bond acceptors (Lipinski definition) is 1. The lowest BCUT2D eigenvalue weighted by molar-refractivity contribution is 0.922. The Labute approximate surface area is 122 Å². The molecule has 0 spiro atoms. The third-order valence-electron chi connectivity index (χ3n) is 4.48. The van der Waals surface area contributed by atoms with Gasteiger partial charge < -0.3 is 0 Å². The van der Waals surface area contributed by atoms with Crippen LogP contribution in [0.4, 0.5) is 0 Å². The molecule has 2 aromatic carbocycles. The van der Waals surface area contributed by atoms with E-state index in [4.69, 9.17) is 4.98 Å². The minimum atomic E-state index is 1.03. The predicted molar refractivity (Wildman–Crippen MR) is 85.5 cm³/mol. The maximum Gasteiger partial charge on any atom is 0.138 e. The molecule has 0 aliphatic heterocycles. The fourth-order valence-electron chi connectivity index (χ4n) is 3.52. The molecule has 0 saturated carbocycles. The molecule has 0 unspecified atom stereocenters. The Morgan fingerprint density at radius 2 is 1.57 bits per heavy atom. The number of aromatic nitrogens is 2. The minimum absolute atomic E-state index is 1.03. The van der Waals surface area contributed by atoms with Crippen LogP contribution in [0.25, 0.3) is 27.9 Å². The second-order valence-corrected chi connectivity index (χ2v) is 5.66. The summed E-state index contributed by atoms with van der Waals surface area (Å²) >= 11 is 0. The van der Waals surface area contributed by atoms with Crippen molar-refractivity contribution >= 4 is 16.7 Å². The molecule has 0 bridgehead atoms. The third-order valence-corrected chi connectivity index (χ3v) is 4.48. The van der Waals surface area contributed by atoms with Crippen LogP contribution >= 0.6 is 0 Å². The maximum atomic E-state index is 4.76. The largest absolute Gasteiger partial charge is 0.292 e. The summed E-state index contributed by atoms with van der Waals surface area (Å²) in [5, 5.41) is 0. The Morgan fingerprint density at radius 1 is 0.762 bits per heavy atom. The summed E-state index contributed by atoms with van der Waals surface area (Å²) < 4.78 is 2.32. The minimum Gasteiger partial charge on any atom is -0.292 e. The summed E-state index contributed by atoms with van der Waals surface area (Å²) in [5.41, 5.74) is 8.83. The van der Waals surface area contributed by atoms with Crippen LogP contribution in [0.1, 0.15) is 11.1 Å². The molecule has 100 valence electrons. The average molecular weight is 270 g/mol. The number of rotatable bonds is 0. The number of aryl methyl sites for hydroxylation is 2. The number of nitrogens with zero attached hydrogens (tertiary/aromatic N) is 2. The molecule has 0 fully saturated rings. The Balaban J connectivity index is 2.01. The topological polar surface area (TPSA) is 17.3 Å². The SMILES string of the molecule is c1ccc2c(c1)CCc1ccc3nc4ccccc4n3c1-2. The maximum absolute atomic E-state index is 4.76. The smallest absolute Gasteiger partial charge is 0.138 e. The molecule has 2 heterocycles. The first-order chi connectivity index (χ1) is 10.4. The zero-order chi connectivity index (χ0) is 13.8. The van der Waals surface area contributed by atoms with Crippen molar-refractivity contribution in [2.24, 2.45) is 0 Å². The molecular formula is C19H14N2. The van der Waals surface area contributed by atoms with Gasteiger partial charge in [-0.15, -0.1) is 0 Å². The number of para-hydroxylation sites is 2. The van der Waals surface area contributed by atoms with Crippen LogP contribution in [0.15, 0.2) is 60.7 Å². The van der Waals surface area contributed by atoms with Gasteiger partial charge in [0.2, 0.25) is 0 Å². The molecule has 0 atom stereocenters. The van der Waals surface area contributed by atoms with E-state index >= 15 is 0 Å². The highest BCUT2D eigenvalue weighted by Gasteiger charge is 2.19. The molecule has 21 heavy (non-hydrogen) atoms. The summed E-state index contributed by atoms with van der Waals surface area (Å²) in [6.07, 6.45) is 2.23. The number of pyridine rings is 1. The molecule has 0 radical (unpaired) electrons. The van der Waals surface area contributed by atoms with Crippen LogP contribution in [-0.2, 0) is 12.8 Å². The lowest BCUT2D eigenvalue weighted by Crippen LogP contribution is -2.08. The van der Waals surface area contributed by atoms with Crippen LogP contribution in [-0.4, -0.2) is 9.38 Å². The average Bonchev–Trinajstić information content (AvgIpc) is 2.93. The summed E-state index contributed by atoms with van der Waals surface area (Å²) in [7, 11) is 0. The molecule has 5 rings (SSSR count). The van der Waals surface area contributed by atoms with Crippen molar-refractivity contribution in [2.45, 2.75) is 12.8 Å². The number of hydrogen-bond donors (Lipinski definition) is 0. The first kappa shape index (κ1) is 11.1. The zero-order valence-corrected chi connectivity index (χ0v) is 11.6. The second-order valence-electron chi connectivity index (χ2n) is 5.66. The Morgan fingerprint density at radius 3 is 2.57 bits per heavy atom. The van der Waals surface area contributed by atoms with Crippen LogP contribution < -0.4 is 0 Å². The first-order valence-electron chi connectivity index (χ1n) is 7.39. The second kappa shape index (κ2) is 3.95. The monoisotopic (exact) mass is 270 g/mol. The molecule has 0 amide bonds. The Kier molecular flexibility index (Phi) is 2.09. The highest BCUT2D eigenvalue weighted by molar-refractivity contribution is 5.85. The van der Waals surface area contributed by atoms with Gasteiger partial charge >= 0.3 is 0 Å². The number of benzene rings is 2. The van der Waals surface area contributed by atoms with Crippen molar-refractivity contribution in [1.82, 2.24) is 9.38 Å². The lowest BCUT2D eigenvalue weighted by atomic mass is 9.89. The van der Waals surface area contributed by atoms with E-state index in [0.29, 0.717) is 0 Å². The van der Waals surface area contributed by atoms with E-state index < -0.39 is 0 Å². The van der Waals surface area contributed by atoms with Crippen LogP contribution in [0.3, 0.4) is 0 Å². The van der Waals surface area contributed by atoms with Crippen LogP contribution in [0, 0.1) is 0 Å². The number of fused-ring (bicyclic) bond motifs is 7. The van der Waals surface area contributed by atoms with E-state index in [1.54, 1.807) is 0 Å². The summed E-state index contributed by atoms with van der Waals surface area (Å²) in [5.74, 6) is 0. The zero-order valence-electron chi connectivity index (χ0n) is 11.6. The van der Waals surface area contributed by atoms with E-state index in [1.807, 2.05) is 0 Å². The molecule has 0 N–H and O–H groups in total. The molecule has 2 aromatic heterocycles. The van der Waals surface area contributed by atoms with Gasteiger partial charge in [0, 0.05) is 5.56 Å². The van der Waals surface area contributed by atoms with Crippen molar-refractivity contribution in [3.63, 3.8) is 0 Å². The van der Waals surface area contributed by atoms with Gasteiger partial charge in [-0.3, -0.25) is 4.40 Å². The van der Waals surface area contributed by atoms with Gasteiger partial charge in [-0.1, -0.05) is 42.5 Å². The van der Waals surface area contributed by atoms with Gasteiger partial charge in [0.1, 0.15) is 5.65 Å². The van der Waals surface area contributed by atoms with E-state index in [2.05, 4.69) is 65.1 Å². The van der Waals surface area contributed by atoms with Crippen molar-refractivity contribution in [1.29, 1.82) is 0 Å². The third kappa shape index (κ3) is 1.44. The Hall–Kier alpha value is -2.61. The van der Waals surface area contributed by atoms with Crippen molar-refractivity contribution in [3.8, 4) is 11.3 Å². The van der Waals surface area contributed by atoms with Crippen molar-refractivity contribution in [2.75, 3.05) is 0 Å². The van der Waals surface area contributed by atoms with E-state index in [-0.39, 0.29) is 0 Å². The molecule has 2 nitrogen and oxygen atoms in total. The highest BCUT2D eigenvalue weighted by atomic mass is 15.0. The molecular weight excluding hydrogens is 256 g/mol. The molecule has 2 heteroatoms. The fourth-order valence-corrected chi connectivity index (χ4v) is 3.52. The Bertz CT molecular complexity index is 995. The quantitative estimate of drug-likeness (QED) is 0.467. The highest BCUT2D eigenvalue weighted by Crippen LogP contribution is 2.35. The number of imidazole rings is 1. The van der Waals surface area contributed by atoms with Gasteiger partial charge in [-0.25, -0.2) is 4.98 Å². The van der Waals surface area contributed by atoms with E-state index in [1.165, 1.54) is 27.9 Å². The van der Waals surface area contributed by atoms with Gasteiger partial charge in [-0.05, 0) is 42.2 Å². The van der Waals surface area contributed by atoms with Gasteiger partial charge in [-0.2, -0.15) is 0 Å². The van der Waals surface area contributed by atoms with Crippen molar-refractivity contribution < 1.29 is 0 Å². The lowest BCUT2D eigenvalue weighted by Gasteiger charge is -2.21. The standard InChI is InChI=1S/C19H14N2/c1-2-6-15-13(5-1)9-10-14-11-12-18-20-16-7-3-4-8-17(16)21(18)19(14)15/h1-8,11-12H,9-10H2. The predicted octanol–water partition coefficient (Wildman–Crippen LogP) is 4.25. The van der Waals surface area contributed by atoms with Crippen molar-refractivity contribution in [3.05, 3.63) is 71.8 Å². The van der Waals surface area contributed by atoms with Gasteiger partial charge in [0.25, 0.3) is 0 Å². The molecule has 4 aromatic rings. The molecule has 1 aliphatic rings.